The lowest BCUT2D eigenvalue weighted by molar-refractivity contribution is 0.0688. The zero-order valence-corrected chi connectivity index (χ0v) is 17.4. The third-order valence-electron chi connectivity index (χ3n) is 4.33. The highest BCUT2D eigenvalue weighted by atomic mass is 32.1. The Hall–Kier alpha value is -2.93. The van der Waals surface area contributed by atoms with E-state index in [0.29, 0.717) is 30.2 Å². The normalized spacial score (nSPS) is 10.8. The molecule has 29 heavy (non-hydrogen) atoms. The van der Waals surface area contributed by atoms with Gasteiger partial charge in [-0.15, -0.1) is 11.3 Å². The fourth-order valence-electron chi connectivity index (χ4n) is 2.79. The minimum atomic E-state index is -0.364. The Morgan fingerprint density at radius 2 is 1.83 bits per heavy atom. The van der Waals surface area contributed by atoms with Gasteiger partial charge in [0.15, 0.2) is 11.5 Å². The fourth-order valence-corrected chi connectivity index (χ4v) is 3.48. The molecule has 0 spiro atoms. The predicted molar refractivity (Wildman–Crippen MR) is 111 cm³/mol. The van der Waals surface area contributed by atoms with E-state index in [9.17, 15) is 9.18 Å². The Labute approximate surface area is 173 Å². The number of methoxy groups -OCH3 is 1. The van der Waals surface area contributed by atoms with E-state index in [4.69, 9.17) is 9.47 Å². The van der Waals surface area contributed by atoms with Crippen molar-refractivity contribution in [2.45, 2.75) is 33.0 Å². The number of aromatic nitrogens is 1. The Morgan fingerprint density at radius 3 is 2.48 bits per heavy atom. The van der Waals surface area contributed by atoms with Crippen molar-refractivity contribution in [3.05, 3.63) is 76.0 Å². The number of halogens is 1. The van der Waals surface area contributed by atoms with Crippen LogP contribution in [0.2, 0.25) is 0 Å². The van der Waals surface area contributed by atoms with Crippen molar-refractivity contribution in [1.29, 1.82) is 0 Å². The topological polar surface area (TPSA) is 51.7 Å². The molecule has 0 unspecified atom stereocenters. The van der Waals surface area contributed by atoms with Crippen molar-refractivity contribution in [1.82, 2.24) is 9.88 Å². The Morgan fingerprint density at radius 1 is 1.14 bits per heavy atom. The Kier molecular flexibility index (Phi) is 6.82. The number of carbonyl (C=O) groups is 1. The van der Waals surface area contributed by atoms with Gasteiger partial charge in [0.2, 0.25) is 0 Å². The Balaban J connectivity index is 1.66. The van der Waals surface area contributed by atoms with E-state index in [1.165, 1.54) is 35.6 Å². The van der Waals surface area contributed by atoms with Gasteiger partial charge in [-0.1, -0.05) is 12.1 Å². The standard InChI is InChI=1S/C22H23FN2O3S/c1-15(2)25(22(26)16-8-10-17(23)11-9-16)12-18-14-29-21(24-18)13-28-20-7-5-4-6-19(20)27-3/h4-11,14-15H,12-13H2,1-3H3. The molecule has 2 aromatic carbocycles. The van der Waals surface area contributed by atoms with Gasteiger partial charge in [-0.05, 0) is 50.2 Å². The maximum atomic E-state index is 13.1. The van der Waals surface area contributed by atoms with Crippen LogP contribution in [0.25, 0.3) is 0 Å². The third kappa shape index (κ3) is 5.32. The highest BCUT2D eigenvalue weighted by Gasteiger charge is 2.20. The van der Waals surface area contributed by atoms with Crippen LogP contribution in [0.1, 0.15) is 34.9 Å². The largest absolute Gasteiger partial charge is 0.493 e. The van der Waals surface area contributed by atoms with Crippen LogP contribution in [-0.4, -0.2) is 28.9 Å². The number of thiazole rings is 1. The van der Waals surface area contributed by atoms with Gasteiger partial charge in [-0.2, -0.15) is 0 Å². The molecule has 1 aromatic heterocycles. The van der Waals surface area contributed by atoms with Crippen molar-refractivity contribution >= 4 is 17.2 Å². The van der Waals surface area contributed by atoms with E-state index in [-0.39, 0.29) is 17.8 Å². The average molecular weight is 415 g/mol. The second kappa shape index (κ2) is 9.52. The molecular formula is C22H23FN2O3S. The number of hydrogen-bond acceptors (Lipinski definition) is 5. The van der Waals surface area contributed by atoms with Crippen molar-refractivity contribution in [3.63, 3.8) is 0 Å². The van der Waals surface area contributed by atoms with Gasteiger partial charge in [0, 0.05) is 17.0 Å². The van der Waals surface area contributed by atoms with E-state index in [2.05, 4.69) is 4.98 Å². The summed E-state index contributed by atoms with van der Waals surface area (Å²) in [6.45, 7) is 4.58. The minimum absolute atomic E-state index is 0.0254. The quantitative estimate of drug-likeness (QED) is 0.525. The zero-order chi connectivity index (χ0) is 20.8. The van der Waals surface area contributed by atoms with Crippen molar-refractivity contribution in [3.8, 4) is 11.5 Å². The summed E-state index contributed by atoms with van der Waals surface area (Å²) in [6, 6.07) is 13.0. The van der Waals surface area contributed by atoms with Crippen LogP contribution >= 0.6 is 11.3 Å². The van der Waals surface area contributed by atoms with Gasteiger partial charge >= 0.3 is 0 Å². The lowest BCUT2D eigenvalue weighted by Crippen LogP contribution is -2.36. The first-order valence-corrected chi connectivity index (χ1v) is 10.1. The molecule has 0 atom stereocenters. The molecule has 0 radical (unpaired) electrons. The van der Waals surface area contributed by atoms with Gasteiger partial charge in [-0.3, -0.25) is 4.79 Å². The first-order chi connectivity index (χ1) is 14.0. The number of benzene rings is 2. The maximum absolute atomic E-state index is 13.1. The van der Waals surface area contributed by atoms with Crippen LogP contribution in [0.5, 0.6) is 11.5 Å². The summed E-state index contributed by atoms with van der Waals surface area (Å²) in [6.07, 6.45) is 0. The first-order valence-electron chi connectivity index (χ1n) is 9.23. The zero-order valence-electron chi connectivity index (χ0n) is 16.6. The summed E-state index contributed by atoms with van der Waals surface area (Å²) in [7, 11) is 1.60. The van der Waals surface area contributed by atoms with E-state index in [0.717, 1.165) is 10.7 Å². The summed E-state index contributed by atoms with van der Waals surface area (Å²) < 4.78 is 24.2. The second-order valence-corrected chi connectivity index (χ2v) is 7.65. The number of amides is 1. The highest BCUT2D eigenvalue weighted by molar-refractivity contribution is 7.09. The molecule has 0 fully saturated rings. The van der Waals surface area contributed by atoms with Crippen LogP contribution < -0.4 is 9.47 Å². The molecule has 0 aliphatic rings. The van der Waals surface area contributed by atoms with E-state index >= 15 is 0 Å². The molecule has 0 aliphatic heterocycles. The van der Waals surface area contributed by atoms with Gasteiger partial charge in [0.05, 0.1) is 19.3 Å². The first kappa shape index (κ1) is 20.8. The van der Waals surface area contributed by atoms with Gasteiger partial charge in [-0.25, -0.2) is 9.37 Å². The van der Waals surface area contributed by atoms with Gasteiger partial charge in [0.25, 0.3) is 5.91 Å². The monoisotopic (exact) mass is 414 g/mol. The smallest absolute Gasteiger partial charge is 0.254 e. The molecule has 0 N–H and O–H groups in total. The number of ether oxygens (including phenoxy) is 2. The van der Waals surface area contributed by atoms with E-state index < -0.39 is 0 Å². The average Bonchev–Trinajstić information content (AvgIpc) is 3.18. The molecule has 1 heterocycles. The summed E-state index contributed by atoms with van der Waals surface area (Å²) in [4.78, 5) is 19.1. The fraction of sp³-hybridized carbons (Fsp3) is 0.273. The number of nitrogens with zero attached hydrogens (tertiary/aromatic N) is 2. The Bertz CT molecular complexity index is 957. The second-order valence-electron chi connectivity index (χ2n) is 6.71. The summed E-state index contributed by atoms with van der Waals surface area (Å²) in [5.41, 5.74) is 1.24. The number of rotatable bonds is 8. The molecule has 3 aromatic rings. The molecular weight excluding hydrogens is 391 g/mol. The van der Waals surface area contributed by atoms with Crippen LogP contribution in [0.4, 0.5) is 4.39 Å². The molecule has 0 aliphatic carbocycles. The van der Waals surface area contributed by atoms with E-state index in [1.54, 1.807) is 12.0 Å². The molecule has 1 amide bonds. The van der Waals surface area contributed by atoms with Gasteiger partial charge in [0.1, 0.15) is 17.4 Å². The van der Waals surface area contributed by atoms with E-state index in [1.807, 2.05) is 43.5 Å². The number of para-hydroxylation sites is 2. The molecule has 5 nitrogen and oxygen atoms in total. The van der Waals surface area contributed by atoms with Crippen molar-refractivity contribution < 1.29 is 18.7 Å². The van der Waals surface area contributed by atoms with Crippen molar-refractivity contribution in [2.75, 3.05) is 7.11 Å². The molecule has 7 heteroatoms. The lowest BCUT2D eigenvalue weighted by atomic mass is 10.1. The molecule has 3 rings (SSSR count). The van der Waals surface area contributed by atoms with Gasteiger partial charge < -0.3 is 14.4 Å². The van der Waals surface area contributed by atoms with Crippen molar-refractivity contribution in [2.24, 2.45) is 0 Å². The molecule has 152 valence electrons. The summed E-state index contributed by atoms with van der Waals surface area (Å²) >= 11 is 1.48. The van der Waals surface area contributed by atoms with Crippen LogP contribution in [-0.2, 0) is 13.2 Å². The predicted octanol–water partition coefficient (Wildman–Crippen LogP) is 4.92. The number of hydrogen-bond donors (Lipinski definition) is 0. The molecule has 0 bridgehead atoms. The van der Waals surface area contributed by atoms with Crippen LogP contribution in [0.15, 0.2) is 53.9 Å². The molecule has 0 saturated carbocycles. The molecule has 0 saturated heterocycles. The highest BCUT2D eigenvalue weighted by Crippen LogP contribution is 2.27. The SMILES string of the molecule is COc1ccccc1OCc1nc(CN(C(=O)c2ccc(F)cc2)C(C)C)cs1. The third-order valence-corrected chi connectivity index (χ3v) is 5.20. The lowest BCUT2D eigenvalue weighted by Gasteiger charge is -2.26. The minimum Gasteiger partial charge on any atom is -0.493 e. The van der Waals surface area contributed by atoms with Crippen LogP contribution in [0, 0.1) is 5.82 Å². The summed E-state index contributed by atoms with van der Waals surface area (Å²) in [5, 5.41) is 2.73. The number of carbonyl (C=O) groups excluding carboxylic acids is 1. The maximum Gasteiger partial charge on any atom is 0.254 e. The summed E-state index contributed by atoms with van der Waals surface area (Å²) in [5.74, 6) is 0.805. The van der Waals surface area contributed by atoms with Crippen LogP contribution in [0.3, 0.4) is 0 Å².